The first-order chi connectivity index (χ1) is 7.03. The van der Waals surface area contributed by atoms with Crippen LogP contribution in [-0.4, -0.2) is 8.07 Å². The van der Waals surface area contributed by atoms with Crippen LogP contribution in [0.2, 0.25) is 19.6 Å². The molecule has 0 nitrogen and oxygen atoms in total. The van der Waals surface area contributed by atoms with Gasteiger partial charge in [-0.1, -0.05) is 32.1 Å². The Kier molecular flexibility index (Phi) is 4.66. The molecule has 84 valence electrons. The van der Waals surface area contributed by atoms with Crippen molar-refractivity contribution in [3.8, 4) is 11.5 Å². The fourth-order valence-electron chi connectivity index (χ4n) is 2.21. The van der Waals surface area contributed by atoms with Gasteiger partial charge in [0.25, 0.3) is 0 Å². The van der Waals surface area contributed by atoms with E-state index in [1.54, 1.807) is 0 Å². The predicted octanol–water partition coefficient (Wildman–Crippen LogP) is 4.25. The molecule has 0 spiro atoms. The van der Waals surface area contributed by atoms with Crippen molar-refractivity contribution in [3.05, 3.63) is 12.7 Å². The van der Waals surface area contributed by atoms with Crippen LogP contribution in [-0.2, 0) is 0 Å². The van der Waals surface area contributed by atoms with Gasteiger partial charge >= 0.3 is 0 Å². The highest BCUT2D eigenvalue weighted by Gasteiger charge is 2.25. The SMILES string of the molecule is C=CCC[C@@H]1CCC[C@@H]1C#C[Si](C)(C)C. The van der Waals surface area contributed by atoms with Gasteiger partial charge in [-0.15, -0.1) is 18.0 Å². The van der Waals surface area contributed by atoms with E-state index < -0.39 is 8.07 Å². The fraction of sp³-hybridized carbons (Fsp3) is 0.714. The smallest absolute Gasteiger partial charge is 0.129 e. The van der Waals surface area contributed by atoms with Gasteiger partial charge in [-0.25, -0.2) is 0 Å². The van der Waals surface area contributed by atoms with Gasteiger partial charge in [-0.05, 0) is 31.6 Å². The van der Waals surface area contributed by atoms with E-state index >= 15 is 0 Å². The molecule has 0 heterocycles. The average molecular weight is 220 g/mol. The molecule has 1 aliphatic carbocycles. The second kappa shape index (κ2) is 5.56. The molecule has 0 aromatic heterocycles. The van der Waals surface area contributed by atoms with Crippen LogP contribution in [0.3, 0.4) is 0 Å². The molecule has 0 N–H and O–H groups in total. The van der Waals surface area contributed by atoms with Gasteiger partial charge < -0.3 is 0 Å². The zero-order valence-corrected chi connectivity index (χ0v) is 11.5. The molecular weight excluding hydrogens is 196 g/mol. The van der Waals surface area contributed by atoms with Crippen molar-refractivity contribution in [1.29, 1.82) is 0 Å². The van der Waals surface area contributed by atoms with Crippen LogP contribution >= 0.6 is 0 Å². The molecule has 1 saturated carbocycles. The molecule has 0 aromatic rings. The van der Waals surface area contributed by atoms with Crippen LogP contribution in [0.4, 0.5) is 0 Å². The molecule has 0 aromatic carbocycles. The van der Waals surface area contributed by atoms with E-state index in [9.17, 15) is 0 Å². The minimum Gasteiger partial charge on any atom is -0.132 e. The Morgan fingerprint density at radius 3 is 2.67 bits per heavy atom. The number of hydrogen-bond acceptors (Lipinski definition) is 0. The van der Waals surface area contributed by atoms with Crippen molar-refractivity contribution < 1.29 is 0 Å². The van der Waals surface area contributed by atoms with Gasteiger partial charge in [0.2, 0.25) is 0 Å². The fourth-order valence-corrected chi connectivity index (χ4v) is 2.83. The lowest BCUT2D eigenvalue weighted by Crippen LogP contribution is -2.17. The van der Waals surface area contributed by atoms with E-state index in [0.717, 1.165) is 12.3 Å². The quantitative estimate of drug-likeness (QED) is 0.379. The molecule has 0 unspecified atom stereocenters. The molecule has 0 radical (unpaired) electrons. The zero-order chi connectivity index (χ0) is 11.3. The Hall–Kier alpha value is -0.483. The second-order valence-corrected chi connectivity index (χ2v) is 10.4. The molecular formula is C14H24Si. The van der Waals surface area contributed by atoms with E-state index in [4.69, 9.17) is 0 Å². The molecule has 0 saturated heterocycles. The Morgan fingerprint density at radius 1 is 1.33 bits per heavy atom. The van der Waals surface area contributed by atoms with Crippen LogP contribution in [0, 0.1) is 23.3 Å². The summed E-state index contributed by atoms with van der Waals surface area (Å²) in [4.78, 5) is 0. The van der Waals surface area contributed by atoms with Gasteiger partial charge in [0.15, 0.2) is 0 Å². The van der Waals surface area contributed by atoms with Gasteiger partial charge in [-0.3, -0.25) is 0 Å². The lowest BCUT2D eigenvalue weighted by Gasteiger charge is -2.14. The maximum Gasteiger partial charge on any atom is 0.129 e. The molecule has 0 aliphatic heterocycles. The van der Waals surface area contributed by atoms with Crippen molar-refractivity contribution in [2.24, 2.45) is 11.8 Å². The summed E-state index contributed by atoms with van der Waals surface area (Å²) in [6.07, 6.45) is 8.61. The first kappa shape index (κ1) is 12.6. The van der Waals surface area contributed by atoms with Crippen molar-refractivity contribution >= 4 is 8.07 Å². The summed E-state index contributed by atoms with van der Waals surface area (Å²) in [5.41, 5.74) is 3.53. The molecule has 0 bridgehead atoms. The summed E-state index contributed by atoms with van der Waals surface area (Å²) in [5.74, 6) is 5.10. The first-order valence-corrected chi connectivity index (χ1v) is 9.66. The average Bonchev–Trinajstić information content (AvgIpc) is 2.57. The minimum absolute atomic E-state index is 0.691. The van der Waals surface area contributed by atoms with Crippen molar-refractivity contribution in [2.75, 3.05) is 0 Å². The van der Waals surface area contributed by atoms with E-state index in [1.165, 1.54) is 25.7 Å². The molecule has 0 amide bonds. The highest BCUT2D eigenvalue weighted by atomic mass is 28.3. The number of hydrogen-bond donors (Lipinski definition) is 0. The number of allylic oxidation sites excluding steroid dienone is 1. The van der Waals surface area contributed by atoms with Crippen LogP contribution in [0.5, 0.6) is 0 Å². The molecule has 1 rings (SSSR count). The third kappa shape index (κ3) is 4.71. The Balaban J connectivity index is 2.52. The highest BCUT2D eigenvalue weighted by molar-refractivity contribution is 6.83. The van der Waals surface area contributed by atoms with E-state index in [-0.39, 0.29) is 0 Å². The lowest BCUT2D eigenvalue weighted by atomic mass is 9.92. The van der Waals surface area contributed by atoms with Crippen molar-refractivity contribution in [1.82, 2.24) is 0 Å². The van der Waals surface area contributed by atoms with Crippen LogP contribution in [0.25, 0.3) is 0 Å². The van der Waals surface area contributed by atoms with Gasteiger partial charge in [0.1, 0.15) is 8.07 Å². The maximum atomic E-state index is 3.80. The Labute approximate surface area is 96.2 Å². The highest BCUT2D eigenvalue weighted by Crippen LogP contribution is 2.34. The van der Waals surface area contributed by atoms with E-state index in [1.807, 2.05) is 6.08 Å². The molecule has 1 heteroatoms. The first-order valence-electron chi connectivity index (χ1n) is 6.16. The van der Waals surface area contributed by atoms with E-state index in [0.29, 0.717) is 5.92 Å². The van der Waals surface area contributed by atoms with E-state index in [2.05, 4.69) is 37.7 Å². The second-order valence-electron chi connectivity index (χ2n) is 5.68. The van der Waals surface area contributed by atoms with Crippen molar-refractivity contribution in [2.45, 2.75) is 51.7 Å². The third-order valence-corrected chi connectivity index (χ3v) is 3.93. The number of rotatable bonds is 3. The third-order valence-electron chi connectivity index (χ3n) is 3.03. The summed E-state index contributed by atoms with van der Waals surface area (Å²) in [6.45, 7) is 10.8. The Morgan fingerprint density at radius 2 is 2.07 bits per heavy atom. The summed E-state index contributed by atoms with van der Waals surface area (Å²) in [7, 11) is -1.17. The summed E-state index contributed by atoms with van der Waals surface area (Å²) in [5, 5.41) is 0. The topological polar surface area (TPSA) is 0 Å². The maximum absolute atomic E-state index is 3.80. The summed E-state index contributed by atoms with van der Waals surface area (Å²) >= 11 is 0. The monoisotopic (exact) mass is 220 g/mol. The standard InChI is InChI=1S/C14H24Si/c1-5-6-8-13-9-7-10-14(13)11-12-15(2,3)4/h5,13-14H,1,6-10H2,2-4H3/t13-,14-/m1/s1. The van der Waals surface area contributed by atoms with Gasteiger partial charge in [-0.2, -0.15) is 0 Å². The Bertz CT molecular complexity index is 261. The van der Waals surface area contributed by atoms with Crippen LogP contribution < -0.4 is 0 Å². The largest absolute Gasteiger partial charge is 0.132 e. The lowest BCUT2D eigenvalue weighted by molar-refractivity contribution is 0.440. The molecule has 1 aliphatic rings. The van der Waals surface area contributed by atoms with Gasteiger partial charge in [0.05, 0.1) is 0 Å². The molecule has 1 fully saturated rings. The molecule has 15 heavy (non-hydrogen) atoms. The summed E-state index contributed by atoms with van der Waals surface area (Å²) in [6, 6.07) is 0. The van der Waals surface area contributed by atoms with Crippen LogP contribution in [0.1, 0.15) is 32.1 Å². The minimum atomic E-state index is -1.17. The predicted molar refractivity (Wildman–Crippen MR) is 71.4 cm³/mol. The van der Waals surface area contributed by atoms with Crippen LogP contribution in [0.15, 0.2) is 12.7 Å². The zero-order valence-electron chi connectivity index (χ0n) is 10.5. The summed E-state index contributed by atoms with van der Waals surface area (Å²) < 4.78 is 0. The normalized spacial score (nSPS) is 25.8. The van der Waals surface area contributed by atoms with Crippen molar-refractivity contribution in [3.63, 3.8) is 0 Å². The molecule has 2 atom stereocenters. The van der Waals surface area contributed by atoms with Gasteiger partial charge in [0, 0.05) is 5.92 Å².